The van der Waals surface area contributed by atoms with Gasteiger partial charge in [0.1, 0.15) is 24.0 Å². The van der Waals surface area contributed by atoms with Crippen molar-refractivity contribution in [1.82, 2.24) is 0 Å². The Morgan fingerprint density at radius 2 is 1.65 bits per heavy atom. The number of hydrogen-bond donors (Lipinski definition) is 1. The average molecular weight is 411 g/mol. The summed E-state index contributed by atoms with van der Waals surface area (Å²) >= 11 is 0. The number of nitrogens with zero attached hydrogens (tertiary/aromatic N) is 1. The number of amides is 1. The molecule has 31 heavy (non-hydrogen) atoms. The number of nitrogens with one attached hydrogen (secondary N) is 1. The Bertz CT molecular complexity index is 1150. The van der Waals surface area contributed by atoms with Crippen molar-refractivity contribution in [1.29, 1.82) is 5.26 Å². The zero-order valence-corrected chi connectivity index (χ0v) is 18.3. The fourth-order valence-electron chi connectivity index (χ4n) is 3.42. The van der Waals surface area contributed by atoms with Crippen molar-refractivity contribution >= 4 is 17.7 Å². The Labute approximate surface area is 183 Å². The lowest BCUT2D eigenvalue weighted by atomic mass is 10.0. The van der Waals surface area contributed by atoms with Crippen LogP contribution in [0.25, 0.3) is 6.08 Å². The van der Waals surface area contributed by atoms with Gasteiger partial charge in [-0.15, -0.1) is 0 Å². The quantitative estimate of drug-likeness (QED) is 0.398. The molecule has 0 saturated carbocycles. The van der Waals surface area contributed by atoms with E-state index in [9.17, 15) is 10.1 Å². The average Bonchev–Trinajstić information content (AvgIpc) is 2.74. The van der Waals surface area contributed by atoms with Crippen LogP contribution >= 0.6 is 0 Å². The molecule has 0 saturated heterocycles. The van der Waals surface area contributed by atoms with Crippen LogP contribution in [-0.4, -0.2) is 5.91 Å². The lowest BCUT2D eigenvalue weighted by Crippen LogP contribution is -2.15. The van der Waals surface area contributed by atoms with Crippen LogP contribution in [-0.2, 0) is 11.4 Å². The molecule has 0 unspecified atom stereocenters. The number of anilines is 1. The van der Waals surface area contributed by atoms with E-state index >= 15 is 0 Å². The summed E-state index contributed by atoms with van der Waals surface area (Å²) in [7, 11) is 0. The van der Waals surface area contributed by atoms with Crippen molar-refractivity contribution in [3.63, 3.8) is 0 Å². The van der Waals surface area contributed by atoms with Gasteiger partial charge in [-0.1, -0.05) is 59.7 Å². The Morgan fingerprint density at radius 1 is 0.968 bits per heavy atom. The Balaban J connectivity index is 1.74. The Kier molecular flexibility index (Phi) is 6.89. The number of carbonyl (C=O) groups excluding carboxylic acids is 1. The number of rotatable bonds is 6. The maximum atomic E-state index is 12.7. The third-order valence-electron chi connectivity index (χ3n) is 4.98. The second kappa shape index (κ2) is 9.77. The highest BCUT2D eigenvalue weighted by atomic mass is 16.5. The second-order valence-corrected chi connectivity index (χ2v) is 7.74. The van der Waals surface area contributed by atoms with E-state index in [1.807, 2.05) is 94.4 Å². The van der Waals surface area contributed by atoms with Crippen molar-refractivity contribution in [3.05, 3.63) is 99.6 Å². The summed E-state index contributed by atoms with van der Waals surface area (Å²) in [6.07, 6.45) is 1.58. The normalized spacial score (nSPS) is 11.0. The molecule has 0 heterocycles. The number of ether oxygens (including phenoxy) is 1. The summed E-state index contributed by atoms with van der Waals surface area (Å²) in [5.41, 5.74) is 6.85. The van der Waals surface area contributed by atoms with Crippen LogP contribution in [0.2, 0.25) is 0 Å². The Hall–Kier alpha value is -3.84. The van der Waals surface area contributed by atoms with Gasteiger partial charge in [-0.2, -0.15) is 5.26 Å². The van der Waals surface area contributed by atoms with Crippen molar-refractivity contribution in [2.45, 2.75) is 34.3 Å². The molecule has 3 rings (SSSR count). The zero-order chi connectivity index (χ0) is 22.4. The minimum atomic E-state index is -0.427. The van der Waals surface area contributed by atoms with Crippen molar-refractivity contribution < 1.29 is 9.53 Å². The summed E-state index contributed by atoms with van der Waals surface area (Å²) in [5.74, 6) is 0.251. The molecular weight excluding hydrogens is 384 g/mol. The third-order valence-corrected chi connectivity index (χ3v) is 4.98. The van der Waals surface area contributed by atoms with Gasteiger partial charge >= 0.3 is 0 Å². The van der Waals surface area contributed by atoms with E-state index in [1.165, 1.54) is 5.56 Å². The molecule has 0 aliphatic heterocycles. The largest absolute Gasteiger partial charge is 0.489 e. The van der Waals surface area contributed by atoms with E-state index in [0.29, 0.717) is 12.4 Å². The SMILES string of the molecule is Cc1ccc(COc2cccc(/C=C(\C#N)C(=O)Nc3c(C)cc(C)cc3C)c2)cc1. The molecule has 0 atom stereocenters. The molecule has 1 N–H and O–H groups in total. The highest BCUT2D eigenvalue weighted by molar-refractivity contribution is 6.10. The first kappa shape index (κ1) is 21.9. The lowest BCUT2D eigenvalue weighted by Gasteiger charge is -2.12. The molecule has 0 radical (unpaired) electrons. The van der Waals surface area contributed by atoms with E-state index in [4.69, 9.17) is 4.74 Å². The summed E-state index contributed by atoms with van der Waals surface area (Å²) < 4.78 is 5.87. The molecule has 0 bridgehead atoms. The third kappa shape index (κ3) is 5.83. The van der Waals surface area contributed by atoms with E-state index in [1.54, 1.807) is 6.08 Å². The van der Waals surface area contributed by atoms with Gasteiger partial charge in [0.05, 0.1) is 0 Å². The molecule has 156 valence electrons. The standard InChI is InChI=1S/C27H26N2O2/c1-18-8-10-22(11-9-18)17-31-25-7-5-6-23(15-25)14-24(16-28)27(30)29-26-20(3)12-19(2)13-21(26)4/h5-15H,17H2,1-4H3,(H,29,30)/b24-14+. The number of nitriles is 1. The molecule has 0 spiro atoms. The van der Waals surface area contributed by atoms with Crippen LogP contribution in [0.1, 0.15) is 33.4 Å². The summed E-state index contributed by atoms with van der Waals surface area (Å²) in [6, 6.07) is 21.6. The molecule has 3 aromatic rings. The van der Waals surface area contributed by atoms with Crippen LogP contribution in [0, 0.1) is 39.0 Å². The fourth-order valence-corrected chi connectivity index (χ4v) is 3.42. The van der Waals surface area contributed by atoms with Gasteiger partial charge in [-0.05, 0) is 68.2 Å². The van der Waals surface area contributed by atoms with E-state index in [0.717, 1.165) is 33.5 Å². The molecular formula is C27H26N2O2. The number of benzene rings is 3. The van der Waals surface area contributed by atoms with Crippen LogP contribution < -0.4 is 10.1 Å². The van der Waals surface area contributed by atoms with Gasteiger partial charge in [0.15, 0.2) is 0 Å². The Morgan fingerprint density at radius 3 is 2.29 bits per heavy atom. The lowest BCUT2D eigenvalue weighted by molar-refractivity contribution is -0.112. The molecule has 4 heteroatoms. The van der Waals surface area contributed by atoms with Crippen LogP contribution in [0.4, 0.5) is 5.69 Å². The van der Waals surface area contributed by atoms with Gasteiger partial charge in [0.2, 0.25) is 0 Å². The highest BCUT2D eigenvalue weighted by Gasteiger charge is 2.13. The van der Waals surface area contributed by atoms with Crippen LogP contribution in [0.15, 0.2) is 66.2 Å². The van der Waals surface area contributed by atoms with E-state index < -0.39 is 5.91 Å². The minimum Gasteiger partial charge on any atom is -0.489 e. The maximum absolute atomic E-state index is 12.7. The number of carbonyl (C=O) groups is 1. The highest BCUT2D eigenvalue weighted by Crippen LogP contribution is 2.23. The maximum Gasteiger partial charge on any atom is 0.266 e. The molecule has 0 aromatic heterocycles. The fraction of sp³-hybridized carbons (Fsp3) is 0.185. The number of hydrogen-bond acceptors (Lipinski definition) is 3. The molecule has 4 nitrogen and oxygen atoms in total. The van der Waals surface area contributed by atoms with E-state index in [2.05, 4.69) is 5.32 Å². The number of aryl methyl sites for hydroxylation is 4. The van der Waals surface area contributed by atoms with Gasteiger partial charge in [0, 0.05) is 5.69 Å². The van der Waals surface area contributed by atoms with Crippen molar-refractivity contribution in [2.24, 2.45) is 0 Å². The van der Waals surface area contributed by atoms with Crippen molar-refractivity contribution in [3.8, 4) is 11.8 Å². The van der Waals surface area contributed by atoms with Gasteiger partial charge < -0.3 is 10.1 Å². The molecule has 1 amide bonds. The monoisotopic (exact) mass is 410 g/mol. The minimum absolute atomic E-state index is 0.0371. The van der Waals surface area contributed by atoms with Crippen LogP contribution in [0.3, 0.4) is 0 Å². The molecule has 0 fully saturated rings. The predicted octanol–water partition coefficient (Wildman–Crippen LogP) is 6.04. The zero-order valence-electron chi connectivity index (χ0n) is 18.3. The topological polar surface area (TPSA) is 62.1 Å². The first-order valence-electron chi connectivity index (χ1n) is 10.1. The van der Waals surface area contributed by atoms with Crippen LogP contribution in [0.5, 0.6) is 5.75 Å². The molecule has 0 aliphatic carbocycles. The van der Waals surface area contributed by atoms with E-state index in [-0.39, 0.29) is 5.57 Å². The van der Waals surface area contributed by atoms with Gasteiger partial charge in [0.25, 0.3) is 5.91 Å². The van der Waals surface area contributed by atoms with Gasteiger partial charge in [-0.25, -0.2) is 0 Å². The summed E-state index contributed by atoms with van der Waals surface area (Å²) in [5, 5.41) is 12.4. The first-order valence-corrected chi connectivity index (χ1v) is 10.1. The molecule has 0 aliphatic rings. The molecule has 3 aromatic carbocycles. The first-order chi connectivity index (χ1) is 14.9. The smallest absolute Gasteiger partial charge is 0.266 e. The van der Waals surface area contributed by atoms with Gasteiger partial charge in [-0.3, -0.25) is 4.79 Å². The second-order valence-electron chi connectivity index (χ2n) is 7.74. The predicted molar refractivity (Wildman–Crippen MR) is 125 cm³/mol. The summed E-state index contributed by atoms with van der Waals surface area (Å²) in [6.45, 7) is 8.40. The summed E-state index contributed by atoms with van der Waals surface area (Å²) in [4.78, 5) is 12.7. The van der Waals surface area contributed by atoms with Crippen molar-refractivity contribution in [2.75, 3.05) is 5.32 Å².